The lowest BCUT2D eigenvalue weighted by Crippen LogP contribution is -2.47. The van der Waals surface area contributed by atoms with Crippen molar-refractivity contribution in [1.29, 1.82) is 0 Å². The predicted octanol–water partition coefficient (Wildman–Crippen LogP) is 1.28. The second-order valence-corrected chi connectivity index (χ2v) is 6.02. The first-order valence-corrected chi connectivity index (χ1v) is 8.38. The summed E-state index contributed by atoms with van der Waals surface area (Å²) in [5, 5.41) is 0.751. The number of H-pyrrole nitrogens is 1. The number of nitrogens with zero attached hydrogens (tertiary/aromatic N) is 5. The molecule has 1 aliphatic rings. The predicted molar refractivity (Wildman–Crippen MR) is 100 cm³/mol. The Morgan fingerprint density at radius 3 is 2.35 bits per heavy atom. The molecule has 0 aliphatic carbocycles. The Kier molecular flexibility index (Phi) is 4.11. The normalized spacial score (nSPS) is 14.7. The van der Waals surface area contributed by atoms with Crippen molar-refractivity contribution in [3.8, 4) is 11.5 Å². The molecule has 26 heavy (non-hydrogen) atoms. The van der Waals surface area contributed by atoms with E-state index >= 15 is 0 Å². The minimum atomic E-state index is 0.430. The molecule has 0 unspecified atom stereocenters. The summed E-state index contributed by atoms with van der Waals surface area (Å²) in [7, 11) is 3.19. The first-order chi connectivity index (χ1) is 12.7. The Bertz CT molecular complexity index is 905. The van der Waals surface area contributed by atoms with Crippen LogP contribution in [0.3, 0.4) is 0 Å². The zero-order valence-corrected chi connectivity index (χ0v) is 14.8. The largest absolute Gasteiger partial charge is 0.493 e. The Labute approximate surface area is 150 Å². The molecule has 9 heteroatoms. The molecule has 1 saturated heterocycles. The van der Waals surface area contributed by atoms with Crippen molar-refractivity contribution in [1.82, 2.24) is 19.9 Å². The highest BCUT2D eigenvalue weighted by Gasteiger charge is 2.22. The number of aromatic amines is 1. The quantitative estimate of drug-likeness (QED) is 0.721. The lowest BCUT2D eigenvalue weighted by molar-refractivity contribution is 0.356. The summed E-state index contributed by atoms with van der Waals surface area (Å²) in [5.74, 6) is 3.17. The van der Waals surface area contributed by atoms with Gasteiger partial charge in [0.25, 0.3) is 0 Å². The molecule has 0 spiro atoms. The first-order valence-electron chi connectivity index (χ1n) is 8.38. The lowest BCUT2D eigenvalue weighted by Gasteiger charge is -2.34. The molecule has 3 N–H and O–H groups in total. The SMILES string of the molecule is COc1cc2nc(N3CCN(c4ncc[nH]4)CC3)nc(N)c2cc1OC. The Balaban J connectivity index is 1.61. The lowest BCUT2D eigenvalue weighted by atomic mass is 10.2. The molecule has 3 heterocycles. The Morgan fingerprint density at radius 2 is 1.69 bits per heavy atom. The standard InChI is InChI=1S/C17H21N7O2/c1-25-13-9-11-12(10-14(13)26-2)21-17(22-15(11)18)24-7-5-23(6-8-24)16-19-3-4-20-16/h3-4,9-10H,5-8H2,1-2H3,(H,19,20)(H2,18,21,22). The number of ether oxygens (including phenoxy) is 2. The fraction of sp³-hybridized carbons (Fsp3) is 0.353. The molecule has 0 radical (unpaired) electrons. The summed E-state index contributed by atoms with van der Waals surface area (Å²) < 4.78 is 10.7. The fourth-order valence-corrected chi connectivity index (χ4v) is 3.16. The summed E-state index contributed by atoms with van der Waals surface area (Å²) >= 11 is 0. The molecule has 9 nitrogen and oxygen atoms in total. The van der Waals surface area contributed by atoms with Crippen molar-refractivity contribution < 1.29 is 9.47 Å². The monoisotopic (exact) mass is 355 g/mol. The van der Waals surface area contributed by atoms with Crippen LogP contribution in [0.2, 0.25) is 0 Å². The van der Waals surface area contributed by atoms with Gasteiger partial charge in [0.15, 0.2) is 11.5 Å². The summed E-state index contributed by atoms with van der Waals surface area (Å²) in [4.78, 5) is 21.0. The number of imidazole rings is 1. The topological polar surface area (TPSA) is 105 Å². The second kappa shape index (κ2) is 6.58. The van der Waals surface area contributed by atoms with E-state index in [9.17, 15) is 0 Å². The number of piperazine rings is 1. The van der Waals surface area contributed by atoms with E-state index in [0.717, 1.165) is 43.0 Å². The van der Waals surface area contributed by atoms with Gasteiger partial charge in [0.05, 0.1) is 19.7 Å². The molecule has 1 aromatic carbocycles. The number of benzene rings is 1. The van der Waals surface area contributed by atoms with Crippen molar-refractivity contribution in [3.63, 3.8) is 0 Å². The number of nitrogen functional groups attached to an aromatic ring is 1. The van der Waals surface area contributed by atoms with Crippen LogP contribution in [0.15, 0.2) is 24.5 Å². The third kappa shape index (κ3) is 2.81. The van der Waals surface area contributed by atoms with Crippen LogP contribution in [0.1, 0.15) is 0 Å². The minimum Gasteiger partial charge on any atom is -0.493 e. The molecule has 0 atom stereocenters. The van der Waals surface area contributed by atoms with Gasteiger partial charge in [0.1, 0.15) is 5.82 Å². The van der Waals surface area contributed by atoms with Crippen molar-refractivity contribution in [2.45, 2.75) is 0 Å². The third-order valence-electron chi connectivity index (χ3n) is 4.56. The molecule has 0 saturated carbocycles. The number of fused-ring (bicyclic) bond motifs is 1. The molecular weight excluding hydrogens is 334 g/mol. The van der Waals surface area contributed by atoms with Crippen molar-refractivity contribution in [2.75, 3.05) is 55.9 Å². The fourth-order valence-electron chi connectivity index (χ4n) is 3.16. The molecular formula is C17H21N7O2. The van der Waals surface area contributed by atoms with Crippen LogP contribution >= 0.6 is 0 Å². The molecule has 136 valence electrons. The first kappa shape index (κ1) is 16.2. The third-order valence-corrected chi connectivity index (χ3v) is 4.56. The van der Waals surface area contributed by atoms with Crippen LogP contribution in [0.25, 0.3) is 10.9 Å². The van der Waals surface area contributed by atoms with E-state index in [0.29, 0.717) is 23.3 Å². The van der Waals surface area contributed by atoms with E-state index < -0.39 is 0 Å². The van der Waals surface area contributed by atoms with Gasteiger partial charge in [-0.25, -0.2) is 9.97 Å². The molecule has 1 aliphatic heterocycles. The average Bonchev–Trinajstić information content (AvgIpc) is 3.22. The highest BCUT2D eigenvalue weighted by atomic mass is 16.5. The highest BCUT2D eigenvalue weighted by Crippen LogP contribution is 2.34. The number of nitrogens with two attached hydrogens (primary N) is 1. The molecule has 2 aromatic heterocycles. The van der Waals surface area contributed by atoms with Gasteiger partial charge in [-0.05, 0) is 6.07 Å². The second-order valence-electron chi connectivity index (χ2n) is 6.02. The number of aromatic nitrogens is 4. The summed E-state index contributed by atoms with van der Waals surface area (Å²) in [6.45, 7) is 3.25. The molecule has 4 rings (SSSR count). The molecule has 0 bridgehead atoms. The van der Waals surface area contributed by atoms with E-state index in [2.05, 4.69) is 29.7 Å². The number of hydrogen-bond acceptors (Lipinski definition) is 8. The van der Waals surface area contributed by atoms with Crippen molar-refractivity contribution in [3.05, 3.63) is 24.5 Å². The maximum atomic E-state index is 6.18. The summed E-state index contributed by atoms with van der Waals surface area (Å²) in [6.07, 6.45) is 3.59. The number of methoxy groups -OCH3 is 2. The van der Waals surface area contributed by atoms with Crippen molar-refractivity contribution in [2.24, 2.45) is 0 Å². The van der Waals surface area contributed by atoms with Crippen LogP contribution in [-0.4, -0.2) is 60.3 Å². The van der Waals surface area contributed by atoms with Gasteiger partial charge >= 0.3 is 0 Å². The van der Waals surface area contributed by atoms with Gasteiger partial charge in [-0.2, -0.15) is 4.98 Å². The van der Waals surface area contributed by atoms with Crippen LogP contribution in [0.5, 0.6) is 11.5 Å². The smallest absolute Gasteiger partial charge is 0.228 e. The minimum absolute atomic E-state index is 0.430. The Hall–Kier alpha value is -3.23. The van der Waals surface area contributed by atoms with Crippen LogP contribution in [-0.2, 0) is 0 Å². The van der Waals surface area contributed by atoms with Crippen molar-refractivity contribution >= 4 is 28.6 Å². The van der Waals surface area contributed by atoms with E-state index in [1.54, 1.807) is 20.4 Å². The molecule has 1 fully saturated rings. The summed E-state index contributed by atoms with van der Waals surface area (Å²) in [5.41, 5.74) is 6.92. The maximum absolute atomic E-state index is 6.18. The van der Waals surface area contributed by atoms with E-state index in [-0.39, 0.29) is 0 Å². The number of anilines is 3. The van der Waals surface area contributed by atoms with Crippen LogP contribution < -0.4 is 25.0 Å². The van der Waals surface area contributed by atoms with E-state index in [1.807, 2.05) is 18.3 Å². The highest BCUT2D eigenvalue weighted by molar-refractivity contribution is 5.91. The Morgan fingerprint density at radius 1 is 1.00 bits per heavy atom. The number of hydrogen-bond donors (Lipinski definition) is 2. The average molecular weight is 355 g/mol. The van der Waals surface area contributed by atoms with Gasteiger partial charge in [0.2, 0.25) is 11.9 Å². The van der Waals surface area contributed by atoms with Crippen LogP contribution in [0.4, 0.5) is 17.7 Å². The molecule has 0 amide bonds. The van der Waals surface area contributed by atoms with Gasteiger partial charge in [-0.1, -0.05) is 0 Å². The van der Waals surface area contributed by atoms with Gasteiger partial charge in [-0.3, -0.25) is 0 Å². The summed E-state index contributed by atoms with van der Waals surface area (Å²) in [6, 6.07) is 3.64. The van der Waals surface area contributed by atoms with Crippen LogP contribution in [0, 0.1) is 0 Å². The number of nitrogens with one attached hydrogen (secondary N) is 1. The number of rotatable bonds is 4. The van der Waals surface area contributed by atoms with Gasteiger partial charge < -0.3 is 30.0 Å². The van der Waals surface area contributed by atoms with E-state index in [1.165, 1.54) is 0 Å². The van der Waals surface area contributed by atoms with Gasteiger partial charge in [-0.15, -0.1) is 0 Å². The zero-order chi connectivity index (χ0) is 18.1. The molecule has 3 aromatic rings. The zero-order valence-electron chi connectivity index (χ0n) is 14.8. The van der Waals surface area contributed by atoms with Gasteiger partial charge in [0, 0.05) is 50.0 Å². The maximum Gasteiger partial charge on any atom is 0.228 e. The van der Waals surface area contributed by atoms with E-state index in [4.69, 9.17) is 15.2 Å².